The van der Waals surface area contributed by atoms with Crippen LogP contribution in [0.2, 0.25) is 5.02 Å². The molecule has 0 bridgehead atoms. The van der Waals surface area contributed by atoms with Crippen LogP contribution in [0, 0.1) is 5.82 Å². The molecule has 0 aliphatic carbocycles. The molecule has 0 aliphatic rings. The van der Waals surface area contributed by atoms with Gasteiger partial charge < -0.3 is 4.52 Å². The van der Waals surface area contributed by atoms with E-state index in [4.69, 9.17) is 16.1 Å². The summed E-state index contributed by atoms with van der Waals surface area (Å²) >= 11 is 5.95. The highest BCUT2D eigenvalue weighted by molar-refractivity contribution is 6.30. The van der Waals surface area contributed by atoms with E-state index in [9.17, 15) is 9.18 Å². The Hall–Kier alpha value is -3.77. The first-order valence-electron chi connectivity index (χ1n) is 9.10. The van der Waals surface area contributed by atoms with E-state index in [-0.39, 0.29) is 17.3 Å². The van der Waals surface area contributed by atoms with Crippen LogP contribution < -0.4 is 5.56 Å². The second kappa shape index (κ2) is 7.24. The Bertz CT molecular complexity index is 1420. The first kappa shape index (κ1) is 18.3. The largest absolute Gasteiger partial charge is 0.334 e. The number of hydrogen-bond acceptors (Lipinski definition) is 4. The van der Waals surface area contributed by atoms with Gasteiger partial charge >= 0.3 is 0 Å². The number of aromatic nitrogens is 3. The van der Waals surface area contributed by atoms with Crippen molar-refractivity contribution in [2.75, 3.05) is 0 Å². The number of hydrogen-bond donors (Lipinski definition) is 0. The highest BCUT2D eigenvalue weighted by Gasteiger charge is 2.17. The Labute approximate surface area is 175 Å². The zero-order chi connectivity index (χ0) is 20.7. The summed E-state index contributed by atoms with van der Waals surface area (Å²) in [6.07, 6.45) is 1.64. The number of benzene rings is 3. The summed E-state index contributed by atoms with van der Waals surface area (Å²) in [5, 5.41) is 5.86. The molecule has 5 rings (SSSR count). The van der Waals surface area contributed by atoms with Gasteiger partial charge in [-0.05, 0) is 54.6 Å². The monoisotopic (exact) mass is 417 g/mol. The van der Waals surface area contributed by atoms with Gasteiger partial charge in [0.25, 0.3) is 11.4 Å². The van der Waals surface area contributed by atoms with Crippen LogP contribution >= 0.6 is 11.6 Å². The van der Waals surface area contributed by atoms with Crippen molar-refractivity contribution in [1.82, 2.24) is 14.7 Å². The standard InChI is InChI=1S/C23H13ClFN3O2/c24-15-7-5-14(6-8-15)21-26-22(30-27-21)20-13-28(17-11-9-16(25)10-12-17)23(29)19-4-2-1-3-18(19)20/h1-13H. The van der Waals surface area contributed by atoms with Crippen molar-refractivity contribution in [3.05, 3.63) is 100 Å². The molecule has 0 aliphatic heterocycles. The second-order valence-corrected chi connectivity index (χ2v) is 7.11. The van der Waals surface area contributed by atoms with Crippen molar-refractivity contribution in [2.24, 2.45) is 0 Å². The second-order valence-electron chi connectivity index (χ2n) is 6.67. The van der Waals surface area contributed by atoms with Gasteiger partial charge in [-0.3, -0.25) is 9.36 Å². The van der Waals surface area contributed by atoms with Crippen LogP contribution in [0.5, 0.6) is 0 Å². The summed E-state index contributed by atoms with van der Waals surface area (Å²) in [4.78, 5) is 17.6. The quantitative estimate of drug-likeness (QED) is 0.389. The van der Waals surface area contributed by atoms with E-state index in [1.165, 1.54) is 16.7 Å². The molecule has 5 aromatic rings. The van der Waals surface area contributed by atoms with Crippen molar-refractivity contribution in [1.29, 1.82) is 0 Å². The van der Waals surface area contributed by atoms with Gasteiger partial charge in [-0.1, -0.05) is 35.0 Å². The van der Waals surface area contributed by atoms with E-state index < -0.39 is 0 Å². The smallest absolute Gasteiger partial charge is 0.262 e. The Balaban J connectivity index is 1.71. The topological polar surface area (TPSA) is 60.9 Å². The SMILES string of the molecule is O=c1c2ccccc2c(-c2nc(-c3ccc(Cl)cc3)no2)cn1-c1ccc(F)cc1. The molecule has 0 atom stereocenters. The highest BCUT2D eigenvalue weighted by Crippen LogP contribution is 2.29. The van der Waals surface area contributed by atoms with Gasteiger partial charge in [0.15, 0.2) is 0 Å². The van der Waals surface area contributed by atoms with Gasteiger partial charge in [-0.25, -0.2) is 4.39 Å². The van der Waals surface area contributed by atoms with Crippen molar-refractivity contribution in [3.63, 3.8) is 0 Å². The average molecular weight is 418 g/mol. The number of nitrogens with zero attached hydrogens (tertiary/aromatic N) is 3. The normalized spacial score (nSPS) is 11.1. The number of halogens is 2. The molecule has 0 unspecified atom stereocenters. The van der Waals surface area contributed by atoms with E-state index in [1.807, 2.05) is 12.1 Å². The molecule has 7 heteroatoms. The minimum absolute atomic E-state index is 0.224. The zero-order valence-electron chi connectivity index (χ0n) is 15.4. The fourth-order valence-corrected chi connectivity index (χ4v) is 3.43. The highest BCUT2D eigenvalue weighted by atomic mass is 35.5. The molecule has 0 spiro atoms. The van der Waals surface area contributed by atoms with Crippen LogP contribution in [0.3, 0.4) is 0 Å². The van der Waals surface area contributed by atoms with Gasteiger partial charge in [0.2, 0.25) is 5.82 Å². The Morgan fingerprint density at radius 3 is 2.33 bits per heavy atom. The average Bonchev–Trinajstić information content (AvgIpc) is 3.25. The number of fused-ring (bicyclic) bond motifs is 1. The third-order valence-corrected chi connectivity index (χ3v) is 5.04. The van der Waals surface area contributed by atoms with Crippen LogP contribution in [0.25, 0.3) is 39.3 Å². The van der Waals surface area contributed by atoms with Crippen molar-refractivity contribution in [3.8, 4) is 28.5 Å². The number of pyridine rings is 1. The molecule has 0 saturated heterocycles. The van der Waals surface area contributed by atoms with Crippen LogP contribution in [0.4, 0.5) is 4.39 Å². The molecule has 2 heterocycles. The molecule has 0 radical (unpaired) electrons. The summed E-state index contributed by atoms with van der Waals surface area (Å²) in [6.45, 7) is 0. The minimum Gasteiger partial charge on any atom is -0.334 e. The van der Waals surface area contributed by atoms with Gasteiger partial charge in [0.1, 0.15) is 5.82 Å². The molecule has 5 nitrogen and oxygen atoms in total. The molecule has 0 fully saturated rings. The number of rotatable bonds is 3. The third-order valence-electron chi connectivity index (χ3n) is 4.79. The molecule has 0 saturated carbocycles. The van der Waals surface area contributed by atoms with E-state index in [1.54, 1.807) is 54.7 Å². The molecular weight excluding hydrogens is 405 g/mol. The lowest BCUT2D eigenvalue weighted by Crippen LogP contribution is -2.18. The summed E-state index contributed by atoms with van der Waals surface area (Å²) in [6, 6.07) is 20.0. The van der Waals surface area contributed by atoms with Gasteiger partial charge in [-0.2, -0.15) is 4.98 Å². The zero-order valence-corrected chi connectivity index (χ0v) is 16.2. The lowest BCUT2D eigenvalue weighted by Gasteiger charge is -2.10. The summed E-state index contributed by atoms with van der Waals surface area (Å²) in [5.41, 5.74) is 1.66. The van der Waals surface area contributed by atoms with Crippen LogP contribution in [-0.4, -0.2) is 14.7 Å². The Morgan fingerprint density at radius 2 is 1.60 bits per heavy atom. The van der Waals surface area contributed by atoms with E-state index >= 15 is 0 Å². The summed E-state index contributed by atoms with van der Waals surface area (Å²) in [5.74, 6) is 0.301. The van der Waals surface area contributed by atoms with Crippen molar-refractivity contribution < 1.29 is 8.91 Å². The maximum Gasteiger partial charge on any atom is 0.262 e. The van der Waals surface area contributed by atoms with E-state index in [0.29, 0.717) is 32.9 Å². The first-order valence-corrected chi connectivity index (χ1v) is 9.48. The van der Waals surface area contributed by atoms with Crippen molar-refractivity contribution in [2.45, 2.75) is 0 Å². The van der Waals surface area contributed by atoms with E-state index in [2.05, 4.69) is 10.1 Å². The molecule has 146 valence electrons. The molecule has 3 aromatic carbocycles. The third kappa shape index (κ3) is 3.17. The van der Waals surface area contributed by atoms with Gasteiger partial charge in [0, 0.05) is 33.2 Å². The maximum absolute atomic E-state index is 13.4. The van der Waals surface area contributed by atoms with E-state index in [0.717, 1.165) is 5.56 Å². The minimum atomic E-state index is -0.377. The predicted octanol–water partition coefficient (Wildman–Crippen LogP) is 5.50. The lowest BCUT2D eigenvalue weighted by atomic mass is 10.1. The Morgan fingerprint density at radius 1 is 0.900 bits per heavy atom. The van der Waals surface area contributed by atoms with Gasteiger partial charge in [-0.15, -0.1) is 0 Å². The first-order chi connectivity index (χ1) is 14.6. The van der Waals surface area contributed by atoms with Gasteiger partial charge in [0.05, 0.1) is 5.56 Å². The lowest BCUT2D eigenvalue weighted by molar-refractivity contribution is 0.432. The predicted molar refractivity (Wildman–Crippen MR) is 113 cm³/mol. The summed E-state index contributed by atoms with van der Waals surface area (Å²) < 4.78 is 20.3. The fraction of sp³-hybridized carbons (Fsp3) is 0. The molecule has 0 amide bonds. The molecule has 2 aromatic heterocycles. The molecule has 0 N–H and O–H groups in total. The Kier molecular flexibility index (Phi) is 4.41. The fourth-order valence-electron chi connectivity index (χ4n) is 3.30. The maximum atomic E-state index is 13.4. The summed E-state index contributed by atoms with van der Waals surface area (Å²) in [7, 11) is 0. The van der Waals surface area contributed by atoms with Crippen LogP contribution in [-0.2, 0) is 0 Å². The molecular formula is C23H13ClFN3O2. The van der Waals surface area contributed by atoms with Crippen LogP contribution in [0.1, 0.15) is 0 Å². The van der Waals surface area contributed by atoms with Crippen LogP contribution in [0.15, 0.2) is 88.3 Å². The molecule has 30 heavy (non-hydrogen) atoms. The van der Waals surface area contributed by atoms with Crippen molar-refractivity contribution >= 4 is 22.4 Å².